The minimum absolute atomic E-state index is 0.0115. The highest BCUT2D eigenvalue weighted by atomic mass is 16.5. The Hall–Kier alpha value is -5.15. The Balaban J connectivity index is 1.04. The lowest BCUT2D eigenvalue weighted by Gasteiger charge is -2.30. The highest BCUT2D eigenvalue weighted by Crippen LogP contribution is 2.48. The number of hydrogen-bond donors (Lipinski definition) is 3. The van der Waals surface area contributed by atoms with E-state index in [9.17, 15) is 14.4 Å². The largest absolute Gasteiger partial charge is 0.453 e. The Morgan fingerprint density at radius 2 is 1.70 bits per heavy atom. The average Bonchev–Trinajstić information content (AvgIpc) is 4.02. The maximum atomic E-state index is 13.7. The number of amides is 3. The molecular formula is C42H51N7O5. The highest BCUT2D eigenvalue weighted by Gasteiger charge is 2.50. The van der Waals surface area contributed by atoms with E-state index in [2.05, 4.69) is 46.0 Å². The molecule has 2 aromatic carbocycles. The summed E-state index contributed by atoms with van der Waals surface area (Å²) in [5.74, 6) is 8.28. The van der Waals surface area contributed by atoms with Gasteiger partial charge in [0.05, 0.1) is 48.7 Å². The maximum absolute atomic E-state index is 13.7. The number of aromatic nitrogens is 4. The number of fused-ring (bicyclic) bond motifs is 1. The average molecular weight is 734 g/mol. The van der Waals surface area contributed by atoms with Crippen LogP contribution in [-0.2, 0) is 19.1 Å². The Bertz CT molecular complexity index is 2070. The number of H-pyrrole nitrogens is 2. The fourth-order valence-electron chi connectivity index (χ4n) is 8.00. The number of nitrogens with one attached hydrogen (secondary N) is 3. The van der Waals surface area contributed by atoms with Gasteiger partial charge in [-0.2, -0.15) is 0 Å². The fraction of sp³-hybridized carbons (Fsp3) is 0.500. The van der Waals surface area contributed by atoms with Crippen molar-refractivity contribution in [2.24, 2.45) is 23.2 Å². The SMILES string of the molecule is COC(=O)N[C@H](C(=O)N1CCC[C@H]1c1ncc(-c2ccc(C#Cc3ccc4nc([C@@H]5C[C@]6(CCOC6)CN5C(=O)[C@@H](C)C(C)C)[nH]c4c3)cc2)[nH]1)C(C)C. The lowest BCUT2D eigenvalue weighted by Crippen LogP contribution is -2.51. The van der Waals surface area contributed by atoms with E-state index in [4.69, 9.17) is 14.5 Å². The molecule has 5 heterocycles. The Labute approximate surface area is 316 Å². The maximum Gasteiger partial charge on any atom is 0.407 e. The first-order chi connectivity index (χ1) is 25.9. The van der Waals surface area contributed by atoms with Crippen LogP contribution in [0.15, 0.2) is 48.7 Å². The van der Waals surface area contributed by atoms with Crippen molar-refractivity contribution in [3.63, 3.8) is 0 Å². The van der Waals surface area contributed by atoms with Gasteiger partial charge >= 0.3 is 6.09 Å². The van der Waals surface area contributed by atoms with Gasteiger partial charge in [-0.1, -0.05) is 58.6 Å². The van der Waals surface area contributed by atoms with E-state index in [1.165, 1.54) is 7.11 Å². The summed E-state index contributed by atoms with van der Waals surface area (Å²) >= 11 is 0. The molecule has 0 aliphatic carbocycles. The molecule has 3 saturated heterocycles. The van der Waals surface area contributed by atoms with Crippen molar-refractivity contribution < 1.29 is 23.9 Å². The first-order valence-electron chi connectivity index (χ1n) is 19.2. The number of hydrogen-bond acceptors (Lipinski definition) is 7. The van der Waals surface area contributed by atoms with Crippen molar-refractivity contribution >= 4 is 28.9 Å². The Kier molecular flexibility index (Phi) is 10.5. The summed E-state index contributed by atoms with van der Waals surface area (Å²) in [4.78, 5) is 59.6. The van der Waals surface area contributed by atoms with Crippen LogP contribution in [0.25, 0.3) is 22.3 Å². The van der Waals surface area contributed by atoms with Gasteiger partial charge in [0.25, 0.3) is 0 Å². The van der Waals surface area contributed by atoms with Crippen molar-refractivity contribution in [2.45, 2.75) is 78.4 Å². The summed E-state index contributed by atoms with van der Waals surface area (Å²) in [6.45, 7) is 12.8. The second kappa shape index (κ2) is 15.3. The smallest absolute Gasteiger partial charge is 0.407 e. The number of aromatic amines is 2. The number of imidazole rings is 2. The van der Waals surface area contributed by atoms with E-state index in [1.54, 1.807) is 6.20 Å². The predicted octanol–water partition coefficient (Wildman–Crippen LogP) is 6.37. The van der Waals surface area contributed by atoms with Gasteiger partial charge in [0.15, 0.2) is 0 Å². The number of likely N-dealkylation sites (tertiary alicyclic amines) is 2. The highest BCUT2D eigenvalue weighted by molar-refractivity contribution is 5.86. The summed E-state index contributed by atoms with van der Waals surface area (Å²) in [7, 11) is 1.29. The van der Waals surface area contributed by atoms with E-state index in [0.29, 0.717) is 19.7 Å². The van der Waals surface area contributed by atoms with E-state index in [1.807, 2.05) is 73.0 Å². The molecular weight excluding hydrogens is 683 g/mol. The van der Waals surface area contributed by atoms with Gasteiger partial charge in [-0.15, -0.1) is 0 Å². The molecule has 12 heteroatoms. The molecule has 3 amide bonds. The van der Waals surface area contributed by atoms with Crippen LogP contribution in [0, 0.1) is 35.0 Å². The van der Waals surface area contributed by atoms with E-state index in [0.717, 1.165) is 77.4 Å². The van der Waals surface area contributed by atoms with E-state index < -0.39 is 12.1 Å². The van der Waals surface area contributed by atoms with Crippen molar-refractivity contribution in [3.05, 3.63) is 71.4 Å². The van der Waals surface area contributed by atoms with Gasteiger partial charge in [0, 0.05) is 42.2 Å². The molecule has 0 saturated carbocycles. The number of alkyl carbamates (subject to hydrolysis) is 1. The predicted molar refractivity (Wildman–Crippen MR) is 205 cm³/mol. The van der Waals surface area contributed by atoms with Crippen LogP contribution in [0.4, 0.5) is 4.79 Å². The van der Waals surface area contributed by atoms with Crippen LogP contribution in [0.1, 0.15) is 95.2 Å². The van der Waals surface area contributed by atoms with E-state index >= 15 is 0 Å². The van der Waals surface area contributed by atoms with Crippen molar-refractivity contribution in [1.82, 2.24) is 35.1 Å². The first kappa shape index (κ1) is 37.2. The third kappa shape index (κ3) is 7.47. The number of ether oxygens (including phenoxy) is 2. The monoisotopic (exact) mass is 733 g/mol. The van der Waals surface area contributed by atoms with Crippen LogP contribution in [0.2, 0.25) is 0 Å². The lowest BCUT2D eigenvalue weighted by atomic mass is 9.85. The molecule has 0 unspecified atom stereocenters. The molecule has 5 atom stereocenters. The minimum Gasteiger partial charge on any atom is -0.453 e. The van der Waals surface area contributed by atoms with Crippen molar-refractivity contribution in [3.8, 4) is 23.1 Å². The molecule has 0 radical (unpaired) electrons. The molecule has 2 aromatic heterocycles. The molecule has 284 valence electrons. The summed E-state index contributed by atoms with van der Waals surface area (Å²) in [5.41, 5.74) is 5.30. The standard InChI is InChI=1S/C42H51N7O5/c1-25(2)27(5)39(50)49-23-42(17-19-54-24-42)21-35(49)38-44-31-16-13-29(20-32(31)45-38)10-9-28-11-14-30(15-12-28)33-22-43-37(46-33)34-8-7-18-48(34)40(51)36(26(3)4)47-41(52)53-6/h11-16,20,22,25-27,34-36H,7-8,17-19,21,23-24H2,1-6H3,(H,43,46)(H,44,45)(H,47,52)/t27-,34-,35-,36-,42+/m0/s1. The third-order valence-corrected chi connectivity index (χ3v) is 11.6. The van der Waals surface area contributed by atoms with Crippen molar-refractivity contribution in [2.75, 3.05) is 33.4 Å². The topological polar surface area (TPSA) is 146 Å². The van der Waals surface area contributed by atoms with Gasteiger partial charge in [-0.25, -0.2) is 14.8 Å². The van der Waals surface area contributed by atoms with Crippen LogP contribution < -0.4 is 5.32 Å². The minimum atomic E-state index is -0.682. The zero-order valence-corrected chi connectivity index (χ0v) is 32.1. The van der Waals surface area contributed by atoms with Gasteiger partial charge in [0.2, 0.25) is 11.8 Å². The summed E-state index contributed by atoms with van der Waals surface area (Å²) in [6, 6.07) is 13.0. The Morgan fingerprint density at radius 3 is 2.41 bits per heavy atom. The van der Waals surface area contributed by atoms with Crippen LogP contribution in [-0.4, -0.2) is 87.1 Å². The number of carbonyl (C=O) groups is 3. The number of benzene rings is 2. The molecule has 7 rings (SSSR count). The zero-order chi connectivity index (χ0) is 38.1. The zero-order valence-electron chi connectivity index (χ0n) is 32.1. The van der Waals surface area contributed by atoms with Gasteiger partial charge in [-0.05, 0) is 73.4 Å². The fourth-order valence-corrected chi connectivity index (χ4v) is 8.00. The molecule has 4 aromatic rings. The molecule has 54 heavy (non-hydrogen) atoms. The summed E-state index contributed by atoms with van der Waals surface area (Å²) < 4.78 is 10.6. The number of rotatable bonds is 8. The number of nitrogens with zero attached hydrogens (tertiary/aromatic N) is 4. The Morgan fingerprint density at radius 1 is 0.944 bits per heavy atom. The van der Waals surface area contributed by atoms with Crippen LogP contribution in [0.3, 0.4) is 0 Å². The van der Waals surface area contributed by atoms with Gasteiger partial charge < -0.3 is 34.6 Å². The van der Waals surface area contributed by atoms with Crippen LogP contribution in [0.5, 0.6) is 0 Å². The summed E-state index contributed by atoms with van der Waals surface area (Å²) in [5, 5.41) is 2.70. The lowest BCUT2D eigenvalue weighted by molar-refractivity contribution is -0.138. The molecule has 3 fully saturated rings. The van der Waals surface area contributed by atoms with Crippen LogP contribution >= 0.6 is 0 Å². The number of carbonyl (C=O) groups excluding carboxylic acids is 3. The van der Waals surface area contributed by atoms with Gasteiger partial charge in [0.1, 0.15) is 17.7 Å². The van der Waals surface area contributed by atoms with Gasteiger partial charge in [-0.3, -0.25) is 9.59 Å². The molecule has 1 spiro atoms. The molecule has 3 aliphatic heterocycles. The second-order valence-corrected chi connectivity index (χ2v) is 15.9. The quantitative estimate of drug-likeness (QED) is 0.179. The molecule has 3 aliphatic rings. The first-order valence-corrected chi connectivity index (χ1v) is 19.2. The van der Waals surface area contributed by atoms with Crippen molar-refractivity contribution in [1.29, 1.82) is 0 Å². The number of methoxy groups -OCH3 is 1. The molecule has 0 bridgehead atoms. The molecule has 3 N–H and O–H groups in total. The summed E-state index contributed by atoms with van der Waals surface area (Å²) in [6.07, 6.45) is 4.63. The van der Waals surface area contributed by atoms with E-state index in [-0.39, 0.29) is 47.1 Å². The normalized spacial score (nSPS) is 22.2. The molecule has 12 nitrogen and oxygen atoms in total. The second-order valence-electron chi connectivity index (χ2n) is 15.9. The third-order valence-electron chi connectivity index (χ3n) is 11.6.